The Hall–Kier alpha value is -4.07. The number of likely N-dealkylation sites (N-methyl/N-ethyl adjacent to an activating group) is 1. The molecule has 0 radical (unpaired) electrons. The molecule has 8 nitrogen and oxygen atoms in total. The molecule has 0 saturated carbocycles. The first-order chi connectivity index (χ1) is 21.2. The predicted octanol–water partition coefficient (Wildman–Crippen LogP) is 7.40. The van der Waals surface area contributed by atoms with Crippen molar-refractivity contribution in [1.82, 2.24) is 25.9 Å². The number of aromatic nitrogens is 1. The van der Waals surface area contributed by atoms with Gasteiger partial charge in [0.2, 0.25) is 0 Å². The minimum Gasteiger partial charge on any atom is -0.373 e. The number of fused-ring (bicyclic) bond motifs is 2. The van der Waals surface area contributed by atoms with E-state index in [4.69, 9.17) is 23.2 Å². The molecule has 4 aromatic rings. The van der Waals surface area contributed by atoms with Crippen LogP contribution in [0.1, 0.15) is 49.1 Å². The van der Waals surface area contributed by atoms with E-state index >= 15 is 0 Å². The van der Waals surface area contributed by atoms with Crippen LogP contribution in [0.5, 0.6) is 0 Å². The van der Waals surface area contributed by atoms with Crippen molar-refractivity contribution in [3.8, 4) is 6.07 Å². The lowest BCUT2D eigenvalue weighted by atomic mass is 9.93. The molecule has 3 heterocycles. The lowest BCUT2D eigenvalue weighted by Crippen LogP contribution is -2.41. The average molecular weight is 632 g/mol. The SMILES string of the molecule is CCN1CCc2ccc([C@H](Nc3cc(Cl)c4ncc(C#N)c(Nc5ccc(F)c(Cl)c5)c4c3)C3=CN(C(C)C)NN3)cc2C1. The van der Waals surface area contributed by atoms with E-state index in [1.807, 2.05) is 17.1 Å². The molecule has 3 aromatic carbocycles. The summed E-state index contributed by atoms with van der Waals surface area (Å²) in [5.41, 5.74) is 14.0. The maximum Gasteiger partial charge on any atom is 0.141 e. The number of rotatable bonds is 8. The monoisotopic (exact) mass is 630 g/mol. The summed E-state index contributed by atoms with van der Waals surface area (Å²) in [6, 6.07) is 17.0. The quantitative estimate of drug-likeness (QED) is 0.160. The largest absolute Gasteiger partial charge is 0.373 e. The highest BCUT2D eigenvalue weighted by Crippen LogP contribution is 2.38. The number of halogens is 3. The van der Waals surface area contributed by atoms with Crippen molar-refractivity contribution < 1.29 is 4.39 Å². The first kappa shape index (κ1) is 30.0. The highest BCUT2D eigenvalue weighted by molar-refractivity contribution is 6.36. The van der Waals surface area contributed by atoms with E-state index in [-0.39, 0.29) is 17.1 Å². The Morgan fingerprint density at radius 1 is 1.07 bits per heavy atom. The van der Waals surface area contributed by atoms with Gasteiger partial charge in [0.15, 0.2) is 0 Å². The van der Waals surface area contributed by atoms with Gasteiger partial charge in [0.1, 0.15) is 11.9 Å². The molecule has 11 heteroatoms. The molecule has 0 amide bonds. The van der Waals surface area contributed by atoms with Gasteiger partial charge in [-0.05, 0) is 73.8 Å². The van der Waals surface area contributed by atoms with Gasteiger partial charge < -0.3 is 16.1 Å². The summed E-state index contributed by atoms with van der Waals surface area (Å²) >= 11 is 12.9. The van der Waals surface area contributed by atoms with Gasteiger partial charge >= 0.3 is 0 Å². The smallest absolute Gasteiger partial charge is 0.141 e. The van der Waals surface area contributed by atoms with E-state index in [9.17, 15) is 9.65 Å². The van der Waals surface area contributed by atoms with Gasteiger partial charge in [-0.1, -0.05) is 48.3 Å². The Bertz CT molecular complexity index is 1800. The first-order valence-electron chi connectivity index (χ1n) is 14.6. The maximum atomic E-state index is 13.9. The van der Waals surface area contributed by atoms with Crippen LogP contribution in [0.3, 0.4) is 0 Å². The summed E-state index contributed by atoms with van der Waals surface area (Å²) < 4.78 is 13.9. The molecule has 1 aromatic heterocycles. The number of nitriles is 1. The standard InChI is InChI=1S/C33H33Cl2FN8/c1-4-43-10-9-20-5-6-21(11-22(20)17-43)32(30-18-44(19(2)3)42-41-30)40-25-12-26-31(39-24-7-8-29(36)27(34)13-24)23(15-37)16-38-33(26)28(35)14-25/h5-8,11-14,16,18-19,32,40-42H,4,9-10,17H2,1-3H3,(H,38,39)/t32-/m0/s1. The van der Waals surface area contributed by atoms with Crippen molar-refractivity contribution in [3.63, 3.8) is 0 Å². The van der Waals surface area contributed by atoms with Crippen molar-refractivity contribution in [2.45, 2.75) is 45.8 Å². The van der Waals surface area contributed by atoms with E-state index in [2.05, 4.69) is 82.7 Å². The first-order valence-corrected chi connectivity index (χ1v) is 15.4. The molecule has 0 unspecified atom stereocenters. The Morgan fingerprint density at radius 2 is 1.89 bits per heavy atom. The molecule has 0 fully saturated rings. The molecule has 1 atom stereocenters. The summed E-state index contributed by atoms with van der Waals surface area (Å²) in [6.45, 7) is 9.42. The maximum absolute atomic E-state index is 13.9. The fourth-order valence-electron chi connectivity index (χ4n) is 5.64. The van der Waals surface area contributed by atoms with Crippen molar-refractivity contribution in [3.05, 3.63) is 105 Å². The zero-order chi connectivity index (χ0) is 31.0. The van der Waals surface area contributed by atoms with E-state index in [0.29, 0.717) is 32.9 Å². The highest BCUT2D eigenvalue weighted by atomic mass is 35.5. The summed E-state index contributed by atoms with van der Waals surface area (Å²) in [6.07, 6.45) is 4.59. The minimum atomic E-state index is -0.525. The van der Waals surface area contributed by atoms with Gasteiger partial charge in [-0.25, -0.2) is 4.39 Å². The third-order valence-electron chi connectivity index (χ3n) is 8.12. The topological polar surface area (TPSA) is 91.3 Å². The van der Waals surface area contributed by atoms with Gasteiger partial charge in [-0.3, -0.25) is 14.9 Å². The molecule has 0 bridgehead atoms. The molecule has 44 heavy (non-hydrogen) atoms. The van der Waals surface area contributed by atoms with Crippen LogP contribution in [0.25, 0.3) is 10.9 Å². The summed E-state index contributed by atoms with van der Waals surface area (Å²) in [5, 5.41) is 19.9. The molecule has 2 aliphatic rings. The van der Waals surface area contributed by atoms with E-state index < -0.39 is 5.82 Å². The van der Waals surface area contributed by atoms with Gasteiger partial charge in [0.05, 0.1) is 38.6 Å². The molecule has 2 aliphatic heterocycles. The zero-order valence-corrected chi connectivity index (χ0v) is 26.2. The van der Waals surface area contributed by atoms with Crippen molar-refractivity contribution in [1.29, 1.82) is 5.26 Å². The van der Waals surface area contributed by atoms with Crippen molar-refractivity contribution in [2.75, 3.05) is 23.7 Å². The lowest BCUT2D eigenvalue weighted by molar-refractivity contribution is 0.221. The van der Waals surface area contributed by atoms with Crippen LogP contribution in [0, 0.1) is 17.1 Å². The second-order valence-electron chi connectivity index (χ2n) is 11.3. The van der Waals surface area contributed by atoms with Gasteiger partial charge in [0, 0.05) is 48.3 Å². The molecule has 6 rings (SSSR count). The molecular weight excluding hydrogens is 598 g/mol. The predicted molar refractivity (Wildman–Crippen MR) is 175 cm³/mol. The highest BCUT2D eigenvalue weighted by Gasteiger charge is 2.26. The number of anilines is 3. The fraction of sp³-hybridized carbons (Fsp3) is 0.273. The molecule has 0 aliphatic carbocycles. The third-order valence-corrected chi connectivity index (χ3v) is 8.70. The Labute approximate surface area is 266 Å². The Morgan fingerprint density at radius 3 is 2.61 bits per heavy atom. The van der Waals surface area contributed by atoms with E-state index in [0.717, 1.165) is 43.0 Å². The summed E-state index contributed by atoms with van der Waals surface area (Å²) in [4.78, 5) is 6.93. The van der Waals surface area contributed by atoms with E-state index in [1.165, 1.54) is 29.5 Å². The Balaban J connectivity index is 1.43. The normalized spacial score (nSPS) is 15.5. The van der Waals surface area contributed by atoms with E-state index in [1.54, 1.807) is 6.07 Å². The fourth-order valence-corrected chi connectivity index (χ4v) is 6.09. The zero-order valence-electron chi connectivity index (χ0n) is 24.7. The molecular formula is C33H33Cl2FN8. The van der Waals surface area contributed by atoms with Crippen molar-refractivity contribution >= 4 is 51.2 Å². The molecule has 226 valence electrons. The molecule has 0 saturated heterocycles. The number of pyridine rings is 1. The minimum absolute atomic E-state index is 0.0244. The van der Waals surface area contributed by atoms with Crippen LogP contribution < -0.4 is 21.6 Å². The van der Waals surface area contributed by atoms with Crippen molar-refractivity contribution in [2.24, 2.45) is 0 Å². The summed E-state index contributed by atoms with van der Waals surface area (Å²) in [7, 11) is 0. The number of nitrogens with one attached hydrogen (secondary N) is 4. The number of hydrazine groups is 2. The second kappa shape index (κ2) is 12.5. The third kappa shape index (κ3) is 5.99. The average Bonchev–Trinajstić information content (AvgIpc) is 3.52. The number of benzene rings is 3. The molecule has 4 N–H and O–H groups in total. The number of hydrogen-bond acceptors (Lipinski definition) is 8. The van der Waals surface area contributed by atoms with Gasteiger partial charge in [-0.2, -0.15) is 5.26 Å². The number of hydrogen-bond donors (Lipinski definition) is 4. The van der Waals surface area contributed by atoms with Crippen LogP contribution in [0.2, 0.25) is 10.0 Å². The number of nitrogens with zero attached hydrogens (tertiary/aromatic N) is 4. The molecule has 0 spiro atoms. The van der Waals surface area contributed by atoms with Gasteiger partial charge in [-0.15, -0.1) is 5.53 Å². The summed E-state index contributed by atoms with van der Waals surface area (Å²) in [5.74, 6) is -0.525. The van der Waals surface area contributed by atoms with Gasteiger partial charge in [0.25, 0.3) is 0 Å². The van der Waals surface area contributed by atoms with Crippen LogP contribution in [0.15, 0.2) is 66.6 Å². The second-order valence-corrected chi connectivity index (χ2v) is 12.1. The van der Waals surface area contributed by atoms with Crippen LogP contribution in [-0.2, 0) is 13.0 Å². The Kier molecular flexibility index (Phi) is 8.52. The van der Waals surface area contributed by atoms with Crippen LogP contribution in [-0.4, -0.2) is 34.0 Å². The lowest BCUT2D eigenvalue weighted by Gasteiger charge is -2.29. The van der Waals surface area contributed by atoms with Crippen LogP contribution in [0.4, 0.5) is 21.5 Å². The van der Waals surface area contributed by atoms with Crippen LogP contribution >= 0.6 is 23.2 Å².